The Morgan fingerprint density at radius 1 is 1.04 bits per heavy atom. The van der Waals surface area contributed by atoms with E-state index in [9.17, 15) is 8.42 Å². The summed E-state index contributed by atoms with van der Waals surface area (Å²) in [7, 11) is 0.424. The van der Waals surface area contributed by atoms with Gasteiger partial charge in [-0.2, -0.15) is 0 Å². The van der Waals surface area contributed by atoms with Crippen LogP contribution in [0.25, 0.3) is 0 Å². The molecule has 0 saturated heterocycles. The van der Waals surface area contributed by atoms with Crippen LogP contribution in [0, 0.1) is 0 Å². The van der Waals surface area contributed by atoms with Gasteiger partial charge in [-0.15, -0.1) is 0 Å². The summed E-state index contributed by atoms with van der Waals surface area (Å²) in [4.78, 5) is 2.31. The monoisotopic (exact) mass is 396 g/mol. The summed E-state index contributed by atoms with van der Waals surface area (Å²) in [6.45, 7) is 0.361. The van der Waals surface area contributed by atoms with Crippen LogP contribution in [0.3, 0.4) is 0 Å². The third kappa shape index (κ3) is 5.42. The molecule has 124 valence electrons. The summed E-state index contributed by atoms with van der Waals surface area (Å²) in [6.07, 6.45) is 0.788. The van der Waals surface area contributed by atoms with Crippen molar-refractivity contribution in [3.63, 3.8) is 0 Å². The average molecular weight is 397 g/mol. The summed E-state index contributed by atoms with van der Waals surface area (Å²) in [6, 6.07) is 16.8. The van der Waals surface area contributed by atoms with Crippen molar-refractivity contribution in [1.29, 1.82) is 0 Å². The first-order valence-corrected chi connectivity index (χ1v) is 9.62. The van der Waals surface area contributed by atoms with Crippen LogP contribution < -0.4 is 4.72 Å². The third-order valence-corrected chi connectivity index (χ3v) is 5.65. The van der Waals surface area contributed by atoms with E-state index in [1.807, 2.05) is 37.2 Å². The van der Waals surface area contributed by atoms with Crippen molar-refractivity contribution >= 4 is 26.0 Å². The summed E-state index contributed by atoms with van der Waals surface area (Å²) in [5, 5.41) is 0. The Kier molecular flexibility index (Phi) is 6.35. The molecule has 0 aliphatic carbocycles. The molecule has 0 spiro atoms. The minimum absolute atomic E-state index is 0.0858. The molecule has 0 heterocycles. The molecule has 0 fully saturated rings. The van der Waals surface area contributed by atoms with E-state index in [1.54, 1.807) is 24.3 Å². The molecule has 6 heteroatoms. The van der Waals surface area contributed by atoms with Crippen molar-refractivity contribution < 1.29 is 8.42 Å². The van der Waals surface area contributed by atoms with Gasteiger partial charge in [0.15, 0.2) is 0 Å². The van der Waals surface area contributed by atoms with Crippen molar-refractivity contribution in [3.05, 3.63) is 64.6 Å². The molecule has 23 heavy (non-hydrogen) atoms. The van der Waals surface area contributed by atoms with Gasteiger partial charge in [-0.25, -0.2) is 13.1 Å². The number of sulfonamides is 1. The average Bonchev–Trinajstić information content (AvgIpc) is 2.52. The van der Waals surface area contributed by atoms with E-state index in [-0.39, 0.29) is 10.9 Å². The molecule has 0 saturated carbocycles. The Morgan fingerprint density at radius 2 is 1.65 bits per heavy atom. The highest BCUT2D eigenvalue weighted by Gasteiger charge is 2.18. The summed E-state index contributed by atoms with van der Waals surface area (Å²) >= 11 is 3.31. The van der Waals surface area contributed by atoms with Crippen molar-refractivity contribution in [2.45, 2.75) is 17.4 Å². The first-order valence-electron chi connectivity index (χ1n) is 7.34. The van der Waals surface area contributed by atoms with Gasteiger partial charge >= 0.3 is 0 Å². The van der Waals surface area contributed by atoms with Crippen LogP contribution in [0.15, 0.2) is 64.0 Å². The lowest BCUT2D eigenvalue weighted by Crippen LogP contribution is -2.41. The van der Waals surface area contributed by atoms with E-state index in [0.29, 0.717) is 6.54 Å². The smallest absolute Gasteiger partial charge is 0.240 e. The molecule has 0 bridgehead atoms. The van der Waals surface area contributed by atoms with Gasteiger partial charge in [0.25, 0.3) is 0 Å². The van der Waals surface area contributed by atoms with Crippen molar-refractivity contribution in [1.82, 2.24) is 9.62 Å². The standard InChI is InChI=1S/C17H21BrN2O2S/c1-20(2)16(12-14-6-4-3-5-7-14)13-19-23(21,22)17-10-8-15(18)9-11-17/h3-11,16,19H,12-13H2,1-2H3. The van der Waals surface area contributed by atoms with Gasteiger partial charge in [-0.3, -0.25) is 0 Å². The first kappa shape index (κ1) is 18.1. The highest BCUT2D eigenvalue weighted by Crippen LogP contribution is 2.15. The fourth-order valence-electron chi connectivity index (χ4n) is 2.23. The van der Waals surface area contributed by atoms with Crippen LogP contribution in [0.5, 0.6) is 0 Å². The molecular formula is C17H21BrN2O2S. The molecule has 0 amide bonds. The molecule has 2 rings (SSSR count). The zero-order valence-electron chi connectivity index (χ0n) is 13.2. The number of hydrogen-bond acceptors (Lipinski definition) is 3. The Hall–Kier alpha value is -1.21. The lowest BCUT2D eigenvalue weighted by Gasteiger charge is -2.24. The molecular weight excluding hydrogens is 376 g/mol. The van der Waals surface area contributed by atoms with Crippen LogP contribution in [0.1, 0.15) is 5.56 Å². The number of likely N-dealkylation sites (N-methyl/N-ethyl adjacent to an activating group) is 1. The molecule has 2 aromatic carbocycles. The lowest BCUT2D eigenvalue weighted by molar-refractivity contribution is 0.291. The topological polar surface area (TPSA) is 49.4 Å². The molecule has 0 aromatic heterocycles. The predicted molar refractivity (Wildman–Crippen MR) is 97.0 cm³/mol. The molecule has 0 radical (unpaired) electrons. The van der Waals surface area contributed by atoms with E-state index in [0.717, 1.165) is 10.9 Å². The number of hydrogen-bond donors (Lipinski definition) is 1. The molecule has 2 aromatic rings. The number of rotatable bonds is 7. The van der Waals surface area contributed by atoms with Gasteiger partial charge in [0.2, 0.25) is 10.0 Å². The fourth-order valence-corrected chi connectivity index (χ4v) is 3.56. The second kappa shape index (κ2) is 8.06. The maximum absolute atomic E-state index is 12.4. The minimum atomic E-state index is -3.50. The molecule has 0 aliphatic rings. The molecule has 0 aliphatic heterocycles. The van der Waals surface area contributed by atoms with E-state index in [4.69, 9.17) is 0 Å². The van der Waals surface area contributed by atoms with E-state index in [1.165, 1.54) is 5.56 Å². The van der Waals surface area contributed by atoms with Crippen LogP contribution in [0.4, 0.5) is 0 Å². The predicted octanol–water partition coefficient (Wildman–Crippen LogP) is 2.90. The normalized spacial score (nSPS) is 13.2. The Balaban J connectivity index is 2.04. The van der Waals surface area contributed by atoms with Crippen LogP contribution in [-0.4, -0.2) is 40.0 Å². The van der Waals surface area contributed by atoms with E-state index in [2.05, 4.69) is 32.8 Å². The zero-order valence-corrected chi connectivity index (χ0v) is 15.6. The number of benzene rings is 2. The van der Waals surface area contributed by atoms with Crippen molar-refractivity contribution in [2.75, 3.05) is 20.6 Å². The van der Waals surface area contributed by atoms with Crippen LogP contribution in [-0.2, 0) is 16.4 Å². The van der Waals surface area contributed by atoms with Gasteiger partial charge in [0, 0.05) is 17.1 Å². The maximum Gasteiger partial charge on any atom is 0.240 e. The summed E-state index contributed by atoms with van der Waals surface area (Å²) in [5.41, 5.74) is 1.19. The quantitative estimate of drug-likeness (QED) is 0.782. The summed E-state index contributed by atoms with van der Waals surface area (Å²) in [5.74, 6) is 0. The molecule has 4 nitrogen and oxygen atoms in total. The molecule has 1 atom stereocenters. The largest absolute Gasteiger partial charge is 0.305 e. The SMILES string of the molecule is CN(C)C(CNS(=O)(=O)c1ccc(Br)cc1)Cc1ccccc1. The van der Waals surface area contributed by atoms with Crippen molar-refractivity contribution in [3.8, 4) is 0 Å². The second-order valence-electron chi connectivity index (χ2n) is 5.61. The molecule has 1 unspecified atom stereocenters. The lowest BCUT2D eigenvalue weighted by atomic mass is 10.1. The van der Waals surface area contributed by atoms with Crippen LogP contribution >= 0.6 is 15.9 Å². The Bertz CT molecular complexity index is 716. The van der Waals surface area contributed by atoms with Gasteiger partial charge in [0.1, 0.15) is 0 Å². The second-order valence-corrected chi connectivity index (χ2v) is 8.30. The van der Waals surface area contributed by atoms with Gasteiger partial charge in [-0.05, 0) is 50.3 Å². The van der Waals surface area contributed by atoms with Gasteiger partial charge in [0.05, 0.1) is 4.90 Å². The zero-order chi connectivity index (χ0) is 16.9. The minimum Gasteiger partial charge on any atom is -0.305 e. The summed E-state index contributed by atoms with van der Waals surface area (Å²) < 4.78 is 28.3. The van der Waals surface area contributed by atoms with Gasteiger partial charge < -0.3 is 4.90 Å². The maximum atomic E-state index is 12.4. The fraction of sp³-hybridized carbons (Fsp3) is 0.294. The highest BCUT2D eigenvalue weighted by atomic mass is 79.9. The Labute approximate surface area is 146 Å². The number of nitrogens with one attached hydrogen (secondary N) is 1. The third-order valence-electron chi connectivity index (χ3n) is 3.68. The van der Waals surface area contributed by atoms with Gasteiger partial charge in [-0.1, -0.05) is 46.3 Å². The Morgan fingerprint density at radius 3 is 2.22 bits per heavy atom. The number of halogens is 1. The van der Waals surface area contributed by atoms with E-state index < -0.39 is 10.0 Å². The highest BCUT2D eigenvalue weighted by molar-refractivity contribution is 9.10. The van der Waals surface area contributed by atoms with Crippen molar-refractivity contribution in [2.24, 2.45) is 0 Å². The van der Waals surface area contributed by atoms with E-state index >= 15 is 0 Å². The first-order chi connectivity index (χ1) is 10.9. The number of nitrogens with zero attached hydrogens (tertiary/aromatic N) is 1. The van der Waals surface area contributed by atoms with Crippen LogP contribution in [0.2, 0.25) is 0 Å². The molecule has 1 N–H and O–H groups in total.